The van der Waals surface area contributed by atoms with Gasteiger partial charge in [0.05, 0.1) is 24.1 Å². The minimum atomic E-state index is -1.06. The minimum Gasteiger partial charge on any atom is -0.493 e. The van der Waals surface area contributed by atoms with Crippen LogP contribution in [0.4, 0.5) is 0 Å². The van der Waals surface area contributed by atoms with E-state index >= 15 is 0 Å². The lowest BCUT2D eigenvalue weighted by molar-refractivity contribution is 0.0696. The number of imidazole rings is 1. The number of aromatic nitrogens is 4. The Morgan fingerprint density at radius 1 is 1.41 bits per heavy atom. The summed E-state index contributed by atoms with van der Waals surface area (Å²) in [7, 11) is 0. The molecule has 0 unspecified atom stereocenters. The number of nitrogens with one attached hydrogen (secondary N) is 2. The molecule has 8 nitrogen and oxygen atoms in total. The first-order valence-electron chi connectivity index (χ1n) is 6.54. The van der Waals surface area contributed by atoms with E-state index in [0.717, 1.165) is 0 Å². The normalized spacial score (nSPS) is 10.8. The maximum absolute atomic E-state index is 12.0. The summed E-state index contributed by atoms with van der Waals surface area (Å²) in [6.45, 7) is 2.14. The molecule has 0 amide bonds. The summed E-state index contributed by atoms with van der Waals surface area (Å²) in [6, 6.07) is 4.38. The Morgan fingerprint density at radius 3 is 2.95 bits per heavy atom. The summed E-state index contributed by atoms with van der Waals surface area (Å²) < 4.78 is 5.46. The molecule has 0 spiro atoms. The Hall–Kier alpha value is -3.16. The quantitative estimate of drug-likeness (QED) is 0.670. The van der Waals surface area contributed by atoms with Gasteiger partial charge < -0.3 is 19.8 Å². The van der Waals surface area contributed by atoms with E-state index in [1.165, 1.54) is 18.5 Å². The molecule has 3 N–H and O–H groups in total. The van der Waals surface area contributed by atoms with Gasteiger partial charge in [-0.05, 0) is 25.1 Å². The van der Waals surface area contributed by atoms with Gasteiger partial charge >= 0.3 is 5.97 Å². The number of benzene rings is 1. The molecule has 1 aromatic carbocycles. The number of aromatic amines is 2. The van der Waals surface area contributed by atoms with Crippen molar-refractivity contribution in [3.8, 4) is 17.1 Å². The summed E-state index contributed by atoms with van der Waals surface area (Å²) in [5, 5.41) is 9.05. The third-order valence-electron chi connectivity index (χ3n) is 3.07. The van der Waals surface area contributed by atoms with Crippen molar-refractivity contribution < 1.29 is 14.6 Å². The van der Waals surface area contributed by atoms with Gasteiger partial charge in [0, 0.05) is 0 Å². The summed E-state index contributed by atoms with van der Waals surface area (Å²) in [5.74, 6) is -0.440. The van der Waals surface area contributed by atoms with Crippen molar-refractivity contribution in [3.63, 3.8) is 0 Å². The second-order valence-corrected chi connectivity index (χ2v) is 4.46. The topological polar surface area (TPSA) is 121 Å². The predicted octanol–water partition coefficient (Wildman–Crippen LogP) is 1.41. The van der Waals surface area contributed by atoms with E-state index < -0.39 is 5.97 Å². The predicted molar refractivity (Wildman–Crippen MR) is 78.1 cm³/mol. The van der Waals surface area contributed by atoms with Crippen LogP contribution in [0.15, 0.2) is 29.3 Å². The number of rotatable bonds is 4. The number of carbonyl (C=O) groups is 1. The van der Waals surface area contributed by atoms with Crippen molar-refractivity contribution in [2.24, 2.45) is 0 Å². The molecule has 0 aliphatic carbocycles. The van der Waals surface area contributed by atoms with Crippen molar-refractivity contribution in [1.29, 1.82) is 0 Å². The molecule has 22 heavy (non-hydrogen) atoms. The van der Waals surface area contributed by atoms with Crippen LogP contribution in [0.3, 0.4) is 0 Å². The van der Waals surface area contributed by atoms with E-state index in [2.05, 4.69) is 19.9 Å². The molecule has 0 saturated heterocycles. The minimum absolute atomic E-state index is 0.0946. The SMILES string of the molecule is CCOc1cc(C(=O)O)ccc1-c1nc2[nH]cnc2c(=O)[nH]1. The van der Waals surface area contributed by atoms with Crippen LogP contribution >= 0.6 is 0 Å². The van der Waals surface area contributed by atoms with Crippen LogP contribution in [-0.4, -0.2) is 37.6 Å². The number of aromatic carboxylic acids is 1. The number of ether oxygens (including phenoxy) is 1. The van der Waals surface area contributed by atoms with E-state index in [0.29, 0.717) is 23.6 Å². The van der Waals surface area contributed by atoms with E-state index in [1.54, 1.807) is 13.0 Å². The summed E-state index contributed by atoms with van der Waals surface area (Å²) in [5.41, 5.74) is 0.774. The number of carboxylic acids is 1. The molecule has 0 radical (unpaired) electrons. The van der Waals surface area contributed by atoms with Crippen LogP contribution in [0.2, 0.25) is 0 Å². The smallest absolute Gasteiger partial charge is 0.335 e. The Balaban J connectivity index is 2.20. The van der Waals surface area contributed by atoms with E-state index in [1.807, 2.05) is 0 Å². The second kappa shape index (κ2) is 5.32. The van der Waals surface area contributed by atoms with Gasteiger partial charge in [-0.1, -0.05) is 0 Å². The number of nitrogens with zero attached hydrogens (tertiary/aromatic N) is 2. The maximum atomic E-state index is 12.0. The second-order valence-electron chi connectivity index (χ2n) is 4.46. The monoisotopic (exact) mass is 300 g/mol. The molecule has 3 rings (SSSR count). The van der Waals surface area contributed by atoms with Crippen LogP contribution in [-0.2, 0) is 0 Å². The zero-order valence-corrected chi connectivity index (χ0v) is 11.6. The number of hydrogen-bond donors (Lipinski definition) is 3. The zero-order chi connectivity index (χ0) is 15.7. The molecule has 0 saturated carbocycles. The molecule has 0 aliphatic heterocycles. The Labute approximate surface area is 123 Å². The molecule has 3 aromatic rings. The Bertz CT molecular complexity index is 913. The van der Waals surface area contributed by atoms with Gasteiger partial charge in [0.2, 0.25) is 0 Å². The fraction of sp³-hybridized carbons (Fsp3) is 0.143. The standard InChI is InChI=1S/C14H12N4O4/c1-2-22-9-5-7(14(20)21)3-4-8(9)11-17-12-10(13(19)18-11)15-6-16-12/h3-6H,2H2,1H3,(H,20,21)(H2,15,16,17,18,19). The molecule has 0 bridgehead atoms. The molecular weight excluding hydrogens is 288 g/mol. The lowest BCUT2D eigenvalue weighted by atomic mass is 10.1. The average molecular weight is 300 g/mol. The molecular formula is C14H12N4O4. The van der Waals surface area contributed by atoms with Gasteiger partial charge in [0.1, 0.15) is 11.6 Å². The molecule has 2 heterocycles. The number of carboxylic acid groups (broad SMARTS) is 1. The van der Waals surface area contributed by atoms with Crippen molar-refractivity contribution in [3.05, 3.63) is 40.4 Å². The lowest BCUT2D eigenvalue weighted by Crippen LogP contribution is -2.10. The Kier molecular flexibility index (Phi) is 3.34. The van der Waals surface area contributed by atoms with Gasteiger partial charge in [-0.15, -0.1) is 0 Å². The fourth-order valence-corrected chi connectivity index (χ4v) is 2.10. The summed E-state index contributed by atoms with van der Waals surface area (Å²) in [4.78, 5) is 36.6. The van der Waals surface area contributed by atoms with E-state index in [-0.39, 0.29) is 22.5 Å². The first-order valence-corrected chi connectivity index (χ1v) is 6.54. The first-order chi connectivity index (χ1) is 10.6. The molecule has 0 atom stereocenters. The third-order valence-corrected chi connectivity index (χ3v) is 3.07. The molecule has 8 heteroatoms. The highest BCUT2D eigenvalue weighted by Gasteiger charge is 2.14. The third kappa shape index (κ3) is 2.30. The van der Waals surface area contributed by atoms with Gasteiger partial charge in [0.15, 0.2) is 11.2 Å². The average Bonchev–Trinajstić information content (AvgIpc) is 2.96. The van der Waals surface area contributed by atoms with E-state index in [9.17, 15) is 9.59 Å². The van der Waals surface area contributed by atoms with Gasteiger partial charge in [0.25, 0.3) is 5.56 Å². The van der Waals surface area contributed by atoms with Crippen molar-refractivity contribution >= 4 is 17.1 Å². The maximum Gasteiger partial charge on any atom is 0.335 e. The van der Waals surface area contributed by atoms with Gasteiger partial charge in [-0.3, -0.25) is 4.79 Å². The van der Waals surface area contributed by atoms with E-state index in [4.69, 9.17) is 9.84 Å². The highest BCUT2D eigenvalue weighted by Crippen LogP contribution is 2.28. The molecule has 0 aliphatic rings. The lowest BCUT2D eigenvalue weighted by Gasteiger charge is -2.10. The number of hydrogen-bond acceptors (Lipinski definition) is 5. The number of fused-ring (bicyclic) bond motifs is 1. The van der Waals surface area contributed by atoms with Crippen LogP contribution < -0.4 is 10.3 Å². The highest BCUT2D eigenvalue weighted by atomic mass is 16.5. The summed E-state index contributed by atoms with van der Waals surface area (Å²) in [6.07, 6.45) is 1.38. The van der Waals surface area contributed by atoms with Crippen LogP contribution in [0, 0.1) is 0 Å². The highest BCUT2D eigenvalue weighted by molar-refractivity contribution is 5.89. The molecule has 2 aromatic heterocycles. The van der Waals surface area contributed by atoms with Crippen LogP contribution in [0.25, 0.3) is 22.6 Å². The number of H-pyrrole nitrogens is 2. The van der Waals surface area contributed by atoms with Crippen molar-refractivity contribution in [2.45, 2.75) is 6.92 Å². The van der Waals surface area contributed by atoms with Crippen LogP contribution in [0.5, 0.6) is 5.75 Å². The first kappa shape index (κ1) is 13.8. The fourth-order valence-electron chi connectivity index (χ4n) is 2.10. The largest absolute Gasteiger partial charge is 0.493 e. The molecule has 0 fully saturated rings. The molecule has 112 valence electrons. The van der Waals surface area contributed by atoms with Gasteiger partial charge in [-0.25, -0.2) is 14.8 Å². The van der Waals surface area contributed by atoms with Gasteiger partial charge in [-0.2, -0.15) is 0 Å². The van der Waals surface area contributed by atoms with Crippen LogP contribution in [0.1, 0.15) is 17.3 Å². The Morgan fingerprint density at radius 2 is 2.23 bits per heavy atom. The zero-order valence-electron chi connectivity index (χ0n) is 11.6. The summed E-state index contributed by atoms with van der Waals surface area (Å²) >= 11 is 0. The van der Waals surface area contributed by atoms with Crippen molar-refractivity contribution in [2.75, 3.05) is 6.61 Å². The van der Waals surface area contributed by atoms with Crippen molar-refractivity contribution in [1.82, 2.24) is 19.9 Å².